The molecule has 1 fully saturated rings. The van der Waals surface area contributed by atoms with Crippen molar-refractivity contribution < 1.29 is 18.7 Å². The van der Waals surface area contributed by atoms with E-state index in [0.717, 1.165) is 0 Å². The van der Waals surface area contributed by atoms with E-state index < -0.39 is 23.0 Å². The van der Waals surface area contributed by atoms with Crippen LogP contribution in [0.5, 0.6) is 0 Å². The van der Waals surface area contributed by atoms with Gasteiger partial charge in [-0.25, -0.2) is 9.18 Å². The third-order valence-electron chi connectivity index (χ3n) is 3.39. The number of hydrogen-bond donors (Lipinski definition) is 0. The lowest BCUT2D eigenvalue weighted by Crippen LogP contribution is -2.50. The van der Waals surface area contributed by atoms with E-state index in [1.165, 1.54) is 0 Å². The molecule has 0 spiro atoms. The molecule has 0 saturated heterocycles. The Morgan fingerprint density at radius 2 is 2.00 bits per heavy atom. The van der Waals surface area contributed by atoms with Crippen molar-refractivity contribution in [2.24, 2.45) is 11.8 Å². The minimum absolute atomic E-state index is 0.0432. The number of halogens is 1. The number of ether oxygens (including phenoxy) is 1. The maximum absolute atomic E-state index is 14.7. The number of carbonyl (C=O) groups excluding carboxylic acids is 2. The molecule has 18 heavy (non-hydrogen) atoms. The molecule has 4 heteroatoms. The van der Waals surface area contributed by atoms with Crippen molar-refractivity contribution >= 4 is 11.8 Å². The van der Waals surface area contributed by atoms with Crippen LogP contribution in [0.25, 0.3) is 0 Å². The van der Waals surface area contributed by atoms with Gasteiger partial charge in [0.2, 0.25) is 0 Å². The van der Waals surface area contributed by atoms with Gasteiger partial charge in [-0.15, -0.1) is 0 Å². The Bertz CT molecular complexity index is 343. The third kappa shape index (κ3) is 3.30. The van der Waals surface area contributed by atoms with Crippen molar-refractivity contribution in [3.63, 3.8) is 0 Å². The van der Waals surface area contributed by atoms with Gasteiger partial charge in [-0.2, -0.15) is 0 Å². The number of carbonyl (C=O) groups is 2. The van der Waals surface area contributed by atoms with Crippen LogP contribution in [0, 0.1) is 11.8 Å². The molecular weight excluding hydrogens is 235 g/mol. The molecule has 0 aliphatic heterocycles. The highest BCUT2D eigenvalue weighted by Crippen LogP contribution is 2.38. The smallest absolute Gasteiger partial charge is 0.352 e. The maximum atomic E-state index is 14.7. The molecule has 0 amide bonds. The van der Waals surface area contributed by atoms with Crippen molar-refractivity contribution in [3.05, 3.63) is 0 Å². The number of Topliss-reactive ketones (excluding diaryl/α,β-unsaturated/α-hetero) is 1. The van der Waals surface area contributed by atoms with Gasteiger partial charge in [-0.1, -0.05) is 13.8 Å². The highest BCUT2D eigenvalue weighted by Gasteiger charge is 2.52. The van der Waals surface area contributed by atoms with Gasteiger partial charge in [0.05, 0.1) is 0 Å². The van der Waals surface area contributed by atoms with E-state index in [9.17, 15) is 14.0 Å². The van der Waals surface area contributed by atoms with Gasteiger partial charge in [0, 0.05) is 12.8 Å². The zero-order chi connectivity index (χ0) is 14.1. The van der Waals surface area contributed by atoms with E-state index in [0.29, 0.717) is 6.42 Å². The van der Waals surface area contributed by atoms with Crippen LogP contribution in [0.1, 0.15) is 53.9 Å². The Labute approximate surface area is 108 Å². The Balaban J connectivity index is 2.87. The fourth-order valence-corrected chi connectivity index (χ4v) is 2.22. The average molecular weight is 258 g/mol. The van der Waals surface area contributed by atoms with Crippen molar-refractivity contribution in [3.8, 4) is 0 Å². The molecule has 1 saturated carbocycles. The molecule has 0 radical (unpaired) electrons. The maximum Gasteiger partial charge on any atom is 0.352 e. The van der Waals surface area contributed by atoms with Crippen molar-refractivity contribution in [2.75, 3.05) is 0 Å². The van der Waals surface area contributed by atoms with Crippen LogP contribution in [0.2, 0.25) is 0 Å². The number of ketones is 1. The van der Waals surface area contributed by atoms with E-state index in [4.69, 9.17) is 4.74 Å². The van der Waals surface area contributed by atoms with Gasteiger partial charge in [-0.3, -0.25) is 4.79 Å². The summed E-state index contributed by atoms with van der Waals surface area (Å²) in [6.07, 6.45) is 0.738. The summed E-state index contributed by atoms with van der Waals surface area (Å²) in [5, 5.41) is 0. The van der Waals surface area contributed by atoms with Gasteiger partial charge >= 0.3 is 5.97 Å². The second kappa shape index (κ2) is 4.98. The quantitative estimate of drug-likeness (QED) is 0.564. The minimum Gasteiger partial charge on any atom is -0.457 e. The summed E-state index contributed by atoms with van der Waals surface area (Å²) in [4.78, 5) is 23.6. The standard InChI is InChI=1S/C14H23FO3/c1-9(2)10-6-7-11(16)14(15,8-10)12(17)18-13(3,4)5/h9-10H,6-8H2,1-5H3. The highest BCUT2D eigenvalue weighted by molar-refractivity contribution is 6.07. The molecule has 0 N–H and O–H groups in total. The van der Waals surface area contributed by atoms with E-state index in [2.05, 4.69) is 0 Å². The lowest BCUT2D eigenvalue weighted by Gasteiger charge is -2.35. The first-order chi connectivity index (χ1) is 8.06. The zero-order valence-electron chi connectivity index (χ0n) is 11.9. The largest absolute Gasteiger partial charge is 0.457 e. The topological polar surface area (TPSA) is 43.4 Å². The molecule has 1 rings (SSSR count). The van der Waals surface area contributed by atoms with E-state index in [1.54, 1.807) is 20.8 Å². The van der Waals surface area contributed by atoms with Crippen LogP contribution in [0.4, 0.5) is 4.39 Å². The van der Waals surface area contributed by atoms with E-state index in [1.807, 2.05) is 13.8 Å². The molecular formula is C14H23FO3. The predicted molar refractivity (Wildman–Crippen MR) is 66.9 cm³/mol. The average Bonchev–Trinajstić information content (AvgIpc) is 2.19. The van der Waals surface area contributed by atoms with Crippen LogP contribution < -0.4 is 0 Å². The predicted octanol–water partition coefficient (Wildman–Crippen LogP) is 3.06. The van der Waals surface area contributed by atoms with Crippen LogP contribution in [0.15, 0.2) is 0 Å². The van der Waals surface area contributed by atoms with E-state index in [-0.39, 0.29) is 24.7 Å². The highest BCUT2D eigenvalue weighted by atomic mass is 19.1. The van der Waals surface area contributed by atoms with Crippen molar-refractivity contribution in [1.29, 1.82) is 0 Å². The molecule has 2 unspecified atom stereocenters. The Morgan fingerprint density at radius 3 is 2.44 bits per heavy atom. The summed E-state index contributed by atoms with van der Waals surface area (Å²) in [6.45, 7) is 8.97. The summed E-state index contributed by atoms with van der Waals surface area (Å²) >= 11 is 0. The molecule has 1 aliphatic rings. The van der Waals surface area contributed by atoms with Crippen molar-refractivity contribution in [2.45, 2.75) is 65.2 Å². The van der Waals surface area contributed by atoms with Gasteiger partial charge < -0.3 is 4.74 Å². The van der Waals surface area contributed by atoms with Crippen LogP contribution >= 0.6 is 0 Å². The fraction of sp³-hybridized carbons (Fsp3) is 0.857. The van der Waals surface area contributed by atoms with Crippen LogP contribution in [0.3, 0.4) is 0 Å². The van der Waals surface area contributed by atoms with Gasteiger partial charge in [0.1, 0.15) is 5.60 Å². The number of alkyl halides is 1. The first-order valence-corrected chi connectivity index (χ1v) is 6.52. The summed E-state index contributed by atoms with van der Waals surface area (Å²) in [6, 6.07) is 0. The summed E-state index contributed by atoms with van der Waals surface area (Å²) in [7, 11) is 0. The summed E-state index contributed by atoms with van der Waals surface area (Å²) in [5.41, 5.74) is -3.22. The molecule has 2 atom stereocenters. The van der Waals surface area contributed by atoms with Gasteiger partial charge in [0.15, 0.2) is 5.78 Å². The number of rotatable bonds is 2. The summed E-state index contributed by atoms with van der Waals surface area (Å²) < 4.78 is 19.7. The minimum atomic E-state index is -2.44. The molecule has 0 bridgehead atoms. The monoisotopic (exact) mass is 258 g/mol. The third-order valence-corrected chi connectivity index (χ3v) is 3.39. The Kier molecular flexibility index (Phi) is 4.19. The molecule has 0 heterocycles. The molecule has 1 aliphatic carbocycles. The zero-order valence-corrected chi connectivity index (χ0v) is 11.9. The molecule has 0 aromatic rings. The lowest BCUT2D eigenvalue weighted by atomic mass is 9.74. The first-order valence-electron chi connectivity index (χ1n) is 6.52. The normalized spacial score (nSPS) is 29.5. The van der Waals surface area contributed by atoms with Crippen molar-refractivity contribution in [1.82, 2.24) is 0 Å². The molecule has 0 aromatic carbocycles. The Morgan fingerprint density at radius 1 is 1.44 bits per heavy atom. The fourth-order valence-electron chi connectivity index (χ4n) is 2.22. The SMILES string of the molecule is CC(C)C1CCC(=O)C(F)(C(=O)OC(C)(C)C)C1. The number of esters is 1. The summed E-state index contributed by atoms with van der Waals surface area (Å²) in [5.74, 6) is -1.34. The van der Waals surface area contributed by atoms with Gasteiger partial charge in [-0.05, 0) is 39.0 Å². The molecule has 0 aromatic heterocycles. The second-order valence-corrected chi connectivity index (χ2v) is 6.47. The van der Waals surface area contributed by atoms with Gasteiger partial charge in [0.25, 0.3) is 5.67 Å². The molecule has 3 nitrogen and oxygen atoms in total. The lowest BCUT2D eigenvalue weighted by molar-refractivity contribution is -0.176. The second-order valence-electron chi connectivity index (χ2n) is 6.47. The first kappa shape index (κ1) is 15.1. The Hall–Kier alpha value is -0.930. The van der Waals surface area contributed by atoms with Crippen LogP contribution in [-0.2, 0) is 14.3 Å². The molecule has 104 valence electrons. The van der Waals surface area contributed by atoms with E-state index >= 15 is 0 Å². The number of hydrogen-bond acceptors (Lipinski definition) is 3. The van der Waals surface area contributed by atoms with Crippen LogP contribution in [-0.4, -0.2) is 23.0 Å².